The van der Waals surface area contributed by atoms with Crippen molar-refractivity contribution in [2.45, 2.75) is 33.6 Å². The summed E-state index contributed by atoms with van der Waals surface area (Å²) in [5.74, 6) is 1.19. The van der Waals surface area contributed by atoms with Crippen LogP contribution in [0.1, 0.15) is 33.6 Å². The van der Waals surface area contributed by atoms with Gasteiger partial charge in [0.25, 0.3) is 0 Å². The van der Waals surface area contributed by atoms with Crippen molar-refractivity contribution in [2.24, 2.45) is 21.7 Å². The molecule has 3 saturated carbocycles. The molecule has 0 bridgehead atoms. The molecule has 3 fully saturated rings. The zero-order valence-corrected chi connectivity index (χ0v) is 13.2. The van der Waals surface area contributed by atoms with E-state index >= 15 is 0 Å². The number of ketones is 2. The first-order valence-electron chi connectivity index (χ1n) is 7.53. The van der Waals surface area contributed by atoms with Gasteiger partial charge < -0.3 is 9.47 Å². The maximum absolute atomic E-state index is 12.6. The van der Waals surface area contributed by atoms with Gasteiger partial charge in [0.15, 0.2) is 0 Å². The van der Waals surface area contributed by atoms with Gasteiger partial charge in [0.2, 0.25) is 11.6 Å². The molecule has 0 aliphatic heterocycles. The van der Waals surface area contributed by atoms with Crippen LogP contribution in [0.3, 0.4) is 0 Å². The largest absolute Gasteiger partial charge is 0.463 e. The van der Waals surface area contributed by atoms with E-state index in [4.69, 9.17) is 15.9 Å². The summed E-state index contributed by atoms with van der Waals surface area (Å²) in [6, 6.07) is 0. The Labute approximate surface area is 129 Å². The number of ether oxygens (including phenoxy) is 2. The second-order valence-corrected chi connectivity index (χ2v) is 7.04. The van der Waals surface area contributed by atoms with Crippen LogP contribution < -0.4 is 0 Å². The van der Waals surface area contributed by atoms with Gasteiger partial charge in [-0.25, -0.2) is 0 Å². The Bertz CT molecular complexity index is 631. The molecule has 4 unspecified atom stereocenters. The molecule has 0 aromatic heterocycles. The minimum absolute atomic E-state index is 0.0983. The number of terminal acetylenes is 1. The molecule has 1 spiro atoms. The van der Waals surface area contributed by atoms with Crippen LogP contribution in [-0.4, -0.2) is 37.4 Å². The Morgan fingerprint density at radius 3 is 2.36 bits per heavy atom. The third-order valence-corrected chi connectivity index (χ3v) is 6.80. The summed E-state index contributed by atoms with van der Waals surface area (Å²) in [5.41, 5.74) is -3.09. The molecular weight excluding hydrogens is 284 g/mol. The summed E-state index contributed by atoms with van der Waals surface area (Å²) in [6.45, 7) is 5.81. The lowest BCUT2D eigenvalue weighted by Gasteiger charge is -2.46. The van der Waals surface area contributed by atoms with Crippen molar-refractivity contribution in [3.05, 3.63) is 0 Å². The molecule has 5 nitrogen and oxygen atoms in total. The smallest absolute Gasteiger partial charge is 0.313 e. The number of carbonyl (C=O) groups excluding carboxylic acids is 3. The molecule has 3 aliphatic carbocycles. The van der Waals surface area contributed by atoms with Crippen molar-refractivity contribution in [1.82, 2.24) is 0 Å². The number of rotatable bonds is 5. The van der Waals surface area contributed by atoms with Gasteiger partial charge in [0, 0.05) is 10.8 Å². The van der Waals surface area contributed by atoms with Crippen LogP contribution in [0.4, 0.5) is 0 Å². The molecule has 0 heterocycles. The fraction of sp³-hybridized carbons (Fsp3) is 0.706. The SMILES string of the molecule is C#CCOCCOC(=O)C1(C)C2(C)C(=O)C(=O)C3(C)CCC312. The summed E-state index contributed by atoms with van der Waals surface area (Å²) < 4.78 is 10.4. The fourth-order valence-corrected chi connectivity index (χ4v) is 5.40. The predicted molar refractivity (Wildman–Crippen MR) is 76.6 cm³/mol. The van der Waals surface area contributed by atoms with E-state index in [-0.39, 0.29) is 25.6 Å². The van der Waals surface area contributed by atoms with Crippen LogP contribution >= 0.6 is 0 Å². The van der Waals surface area contributed by atoms with Gasteiger partial charge in [0.1, 0.15) is 13.2 Å². The van der Waals surface area contributed by atoms with Crippen molar-refractivity contribution >= 4 is 17.5 Å². The number of esters is 1. The lowest BCUT2D eigenvalue weighted by atomic mass is 9.55. The van der Waals surface area contributed by atoms with Gasteiger partial charge in [0.05, 0.1) is 17.4 Å². The Morgan fingerprint density at radius 1 is 1.18 bits per heavy atom. The van der Waals surface area contributed by atoms with Crippen molar-refractivity contribution in [2.75, 3.05) is 19.8 Å². The Kier molecular flexibility index (Phi) is 2.91. The van der Waals surface area contributed by atoms with Crippen molar-refractivity contribution < 1.29 is 23.9 Å². The third kappa shape index (κ3) is 1.18. The van der Waals surface area contributed by atoms with Gasteiger partial charge in [-0.05, 0) is 19.8 Å². The summed E-state index contributed by atoms with van der Waals surface area (Å²) >= 11 is 0. The third-order valence-electron chi connectivity index (χ3n) is 6.80. The molecule has 0 radical (unpaired) electrons. The standard InChI is InChI=1S/C17H20O5/c1-5-8-21-9-10-22-13(20)16(4)15(3)12(19)11(18)14(2)6-7-17(14,15)16/h1H,6-10H2,2-4H3. The average Bonchev–Trinajstić information content (AvgIpc) is 2.96. The maximum atomic E-state index is 12.6. The molecule has 118 valence electrons. The highest BCUT2D eigenvalue weighted by Crippen LogP contribution is 2.94. The topological polar surface area (TPSA) is 69.7 Å². The maximum Gasteiger partial charge on any atom is 0.313 e. The van der Waals surface area contributed by atoms with Crippen LogP contribution in [0, 0.1) is 34.0 Å². The lowest BCUT2D eigenvalue weighted by molar-refractivity contribution is -0.162. The van der Waals surface area contributed by atoms with Crippen LogP contribution in [0.25, 0.3) is 0 Å². The molecule has 0 aromatic rings. The number of hydrogen-bond acceptors (Lipinski definition) is 5. The summed E-state index contributed by atoms with van der Waals surface area (Å²) in [5, 5.41) is 0. The minimum Gasteiger partial charge on any atom is -0.463 e. The van der Waals surface area contributed by atoms with Gasteiger partial charge >= 0.3 is 5.97 Å². The summed E-state index contributed by atoms with van der Waals surface area (Å²) in [6.07, 6.45) is 6.45. The average molecular weight is 304 g/mol. The highest BCUT2D eigenvalue weighted by molar-refractivity contribution is 6.47. The van der Waals surface area contributed by atoms with Gasteiger partial charge in [-0.15, -0.1) is 6.42 Å². The van der Waals surface area contributed by atoms with Crippen LogP contribution in [0.15, 0.2) is 0 Å². The number of hydrogen-bond donors (Lipinski definition) is 0. The first-order chi connectivity index (χ1) is 10.3. The van der Waals surface area contributed by atoms with E-state index in [1.54, 1.807) is 13.8 Å². The van der Waals surface area contributed by atoms with E-state index in [0.717, 1.165) is 6.42 Å². The molecule has 0 N–H and O–H groups in total. The van der Waals surface area contributed by atoms with E-state index in [0.29, 0.717) is 6.42 Å². The molecule has 22 heavy (non-hydrogen) atoms. The zero-order chi connectivity index (χ0) is 16.4. The van der Waals surface area contributed by atoms with E-state index in [1.807, 2.05) is 6.92 Å². The fourth-order valence-electron chi connectivity index (χ4n) is 5.40. The van der Waals surface area contributed by atoms with E-state index in [1.165, 1.54) is 0 Å². The van der Waals surface area contributed by atoms with E-state index < -0.39 is 33.4 Å². The highest BCUT2D eigenvalue weighted by Gasteiger charge is 3.01. The molecule has 5 heteroatoms. The quantitative estimate of drug-likeness (QED) is 0.330. The molecular formula is C17H20O5. The predicted octanol–water partition coefficient (Wildman–Crippen LogP) is 1.14. The van der Waals surface area contributed by atoms with Gasteiger partial charge in [-0.3, -0.25) is 14.4 Å². The molecule has 4 atom stereocenters. The van der Waals surface area contributed by atoms with Crippen molar-refractivity contribution in [3.8, 4) is 12.3 Å². The molecule has 3 rings (SSSR count). The Morgan fingerprint density at radius 2 is 1.86 bits per heavy atom. The molecule has 0 aromatic carbocycles. The second-order valence-electron chi connectivity index (χ2n) is 7.04. The summed E-state index contributed by atoms with van der Waals surface area (Å²) in [7, 11) is 0. The van der Waals surface area contributed by atoms with Gasteiger partial charge in [-0.2, -0.15) is 0 Å². The first-order valence-corrected chi connectivity index (χ1v) is 7.53. The van der Waals surface area contributed by atoms with Crippen LogP contribution in [0.5, 0.6) is 0 Å². The minimum atomic E-state index is -0.916. The highest BCUT2D eigenvalue weighted by atomic mass is 16.6. The van der Waals surface area contributed by atoms with E-state index in [9.17, 15) is 14.4 Å². The monoisotopic (exact) mass is 304 g/mol. The van der Waals surface area contributed by atoms with E-state index in [2.05, 4.69) is 5.92 Å². The molecule has 3 aliphatic rings. The number of Topliss-reactive ketones (excluding diaryl/α,β-unsaturated/α-hetero) is 2. The summed E-state index contributed by atoms with van der Waals surface area (Å²) in [4.78, 5) is 37.3. The van der Waals surface area contributed by atoms with Crippen LogP contribution in [-0.2, 0) is 23.9 Å². The molecule has 0 amide bonds. The normalized spacial score (nSPS) is 44.6. The second kappa shape index (κ2) is 4.20. The Balaban J connectivity index is 1.76. The zero-order valence-electron chi connectivity index (χ0n) is 13.2. The van der Waals surface area contributed by atoms with Gasteiger partial charge in [-0.1, -0.05) is 19.8 Å². The lowest BCUT2D eigenvalue weighted by Crippen LogP contribution is -2.49. The van der Waals surface area contributed by atoms with Crippen LogP contribution in [0.2, 0.25) is 0 Å². The Hall–Kier alpha value is -1.67. The van der Waals surface area contributed by atoms with Crippen molar-refractivity contribution in [1.29, 1.82) is 0 Å². The molecule has 0 saturated heterocycles. The van der Waals surface area contributed by atoms with Crippen molar-refractivity contribution in [3.63, 3.8) is 0 Å². The number of carbonyl (C=O) groups is 3. The first kappa shape index (κ1) is 15.2.